The van der Waals surface area contributed by atoms with Crippen LogP contribution in [0.25, 0.3) is 11.2 Å². The maximum atomic E-state index is 13.2. The highest BCUT2D eigenvalue weighted by molar-refractivity contribution is 7.99. The first-order valence-corrected chi connectivity index (χ1v) is 11.4. The molecule has 0 spiro atoms. The van der Waals surface area contributed by atoms with Crippen LogP contribution in [-0.2, 0) is 18.4 Å². The molecule has 0 saturated carbocycles. The van der Waals surface area contributed by atoms with Crippen LogP contribution in [0.5, 0.6) is 0 Å². The fourth-order valence-corrected chi connectivity index (χ4v) is 4.01. The molecule has 0 radical (unpaired) electrons. The Balaban J connectivity index is 0.000000454. The third-order valence-corrected chi connectivity index (χ3v) is 5.86. The highest BCUT2D eigenvalue weighted by atomic mass is 32.2. The zero-order valence-corrected chi connectivity index (χ0v) is 20.4. The van der Waals surface area contributed by atoms with E-state index < -0.39 is 12.1 Å². The summed E-state index contributed by atoms with van der Waals surface area (Å²) in [6, 6.07) is 1.83. The van der Waals surface area contributed by atoms with Gasteiger partial charge in [-0.2, -0.15) is 18.2 Å². The fourth-order valence-electron chi connectivity index (χ4n) is 3.19. The molecule has 15 heteroatoms. The molecule has 0 unspecified atom stereocenters. The van der Waals surface area contributed by atoms with Crippen LogP contribution in [0.4, 0.5) is 19.1 Å². The number of nitrogens with one attached hydrogen (secondary N) is 1. The third-order valence-electron chi connectivity index (χ3n) is 4.94. The maximum absolute atomic E-state index is 13.2. The number of hydrogen-bond acceptors (Lipinski definition) is 9. The molecule has 0 bridgehead atoms. The second-order valence-electron chi connectivity index (χ2n) is 7.48. The van der Waals surface area contributed by atoms with Gasteiger partial charge in [-0.05, 0) is 31.7 Å². The van der Waals surface area contributed by atoms with E-state index in [1.165, 1.54) is 16.3 Å². The Hall–Kier alpha value is -3.64. The Labute approximate surface area is 207 Å². The summed E-state index contributed by atoms with van der Waals surface area (Å²) in [7, 11) is 1.71. The first kappa shape index (κ1) is 27.0. The summed E-state index contributed by atoms with van der Waals surface area (Å²) >= 11 is 1.25. The average Bonchev–Trinajstić information content (AvgIpc) is 3.19. The van der Waals surface area contributed by atoms with Crippen molar-refractivity contribution in [1.82, 2.24) is 34.4 Å². The molecule has 3 aromatic rings. The second-order valence-corrected chi connectivity index (χ2v) is 8.41. The van der Waals surface area contributed by atoms with E-state index in [-0.39, 0.29) is 5.56 Å². The van der Waals surface area contributed by atoms with Gasteiger partial charge in [0.25, 0.3) is 5.56 Å². The van der Waals surface area contributed by atoms with Crippen molar-refractivity contribution in [3.8, 4) is 11.8 Å². The molecule has 1 fully saturated rings. The lowest BCUT2D eigenvalue weighted by Gasteiger charge is -2.28. The number of rotatable bonds is 4. The van der Waals surface area contributed by atoms with Crippen LogP contribution in [0.2, 0.25) is 0 Å². The Morgan fingerprint density at radius 3 is 2.50 bits per heavy atom. The summed E-state index contributed by atoms with van der Waals surface area (Å²) in [6.45, 7) is 7.48. The normalized spacial score (nSPS) is 13.6. The van der Waals surface area contributed by atoms with Gasteiger partial charge in [0, 0.05) is 45.1 Å². The summed E-state index contributed by atoms with van der Waals surface area (Å²) < 4.78 is 35.1. The highest BCUT2D eigenvalue weighted by Gasteiger charge is 2.38. The van der Waals surface area contributed by atoms with Crippen molar-refractivity contribution in [2.75, 3.05) is 31.1 Å². The minimum absolute atomic E-state index is 0.156. The lowest BCUT2D eigenvalue weighted by molar-refractivity contribution is -0.192. The van der Waals surface area contributed by atoms with Gasteiger partial charge in [-0.25, -0.2) is 19.7 Å². The number of carbonyl (C=O) groups is 1. The zero-order chi connectivity index (χ0) is 26.5. The van der Waals surface area contributed by atoms with E-state index in [4.69, 9.17) is 14.9 Å². The van der Waals surface area contributed by atoms with Crippen LogP contribution in [0.3, 0.4) is 0 Å². The van der Waals surface area contributed by atoms with Gasteiger partial charge in [-0.1, -0.05) is 5.92 Å². The van der Waals surface area contributed by atoms with Gasteiger partial charge in [0.15, 0.2) is 21.5 Å². The molecule has 36 heavy (non-hydrogen) atoms. The monoisotopic (exact) mass is 524 g/mol. The number of hydrogen-bond donors (Lipinski definition) is 2. The van der Waals surface area contributed by atoms with Crippen molar-refractivity contribution in [1.29, 1.82) is 0 Å². The smallest absolute Gasteiger partial charge is 0.475 e. The van der Waals surface area contributed by atoms with Crippen molar-refractivity contribution in [3.05, 3.63) is 28.3 Å². The number of alkyl halides is 3. The average molecular weight is 525 g/mol. The quantitative estimate of drug-likeness (QED) is 0.382. The number of piperazine rings is 1. The number of carboxylic acid groups (broad SMARTS) is 1. The van der Waals surface area contributed by atoms with Crippen LogP contribution in [-0.4, -0.2) is 72.5 Å². The van der Waals surface area contributed by atoms with Gasteiger partial charge in [0.05, 0.1) is 6.54 Å². The highest BCUT2D eigenvalue weighted by Crippen LogP contribution is 2.25. The molecule has 0 aliphatic carbocycles. The van der Waals surface area contributed by atoms with E-state index in [0.29, 0.717) is 28.0 Å². The molecule has 4 heterocycles. The molecule has 3 aromatic heterocycles. The summed E-state index contributed by atoms with van der Waals surface area (Å²) in [4.78, 5) is 42.3. The van der Waals surface area contributed by atoms with Gasteiger partial charge >= 0.3 is 12.1 Å². The van der Waals surface area contributed by atoms with E-state index in [2.05, 4.69) is 37.0 Å². The van der Waals surface area contributed by atoms with Crippen molar-refractivity contribution < 1.29 is 23.1 Å². The largest absolute Gasteiger partial charge is 0.490 e. The van der Waals surface area contributed by atoms with E-state index in [0.717, 1.165) is 37.8 Å². The molecule has 2 N–H and O–H groups in total. The van der Waals surface area contributed by atoms with Crippen LogP contribution < -0.4 is 15.8 Å². The number of fused-ring (bicyclic) bond motifs is 1. The minimum Gasteiger partial charge on any atom is -0.475 e. The maximum Gasteiger partial charge on any atom is 0.490 e. The molecule has 0 atom stereocenters. The van der Waals surface area contributed by atoms with Crippen molar-refractivity contribution in [2.45, 2.75) is 36.9 Å². The van der Waals surface area contributed by atoms with Gasteiger partial charge in [-0.3, -0.25) is 13.9 Å². The van der Waals surface area contributed by atoms with Crippen LogP contribution in [0.15, 0.2) is 27.4 Å². The van der Waals surface area contributed by atoms with Crippen LogP contribution >= 0.6 is 11.8 Å². The van der Waals surface area contributed by atoms with E-state index in [1.807, 2.05) is 17.6 Å². The summed E-state index contributed by atoms with van der Waals surface area (Å²) in [5.74, 6) is 3.95. The Morgan fingerprint density at radius 2 is 1.92 bits per heavy atom. The fraction of sp³-hybridized carbons (Fsp3) is 0.429. The molecule has 4 rings (SSSR count). The number of halogens is 3. The zero-order valence-electron chi connectivity index (χ0n) is 19.6. The Morgan fingerprint density at radius 1 is 1.25 bits per heavy atom. The number of aliphatic carboxylic acids is 1. The predicted octanol–water partition coefficient (Wildman–Crippen LogP) is 1.45. The topological polar surface area (TPSA) is 131 Å². The molecule has 1 aliphatic heterocycles. The lowest BCUT2D eigenvalue weighted by atomic mass is 10.4. The molecule has 0 amide bonds. The van der Waals surface area contributed by atoms with Crippen LogP contribution in [0.1, 0.15) is 12.6 Å². The summed E-state index contributed by atoms with van der Waals surface area (Å²) in [5.41, 5.74) is 1.60. The van der Waals surface area contributed by atoms with Crippen molar-refractivity contribution in [3.63, 3.8) is 0 Å². The standard InChI is InChI=1S/C19H22N8OS.C2HF3O2/c1-4-5-10-27-14-15(23-18(27)26-11-8-20-9-12-26)24-19(25(3)16(14)28)29-17-21-7-6-13(2)22-17;3-2(4,5)1(6)7/h6-7,20H,8-12H2,1-3H3;(H,6,7). The molecule has 11 nitrogen and oxygen atoms in total. The number of imidazole rings is 1. The SMILES string of the molecule is CC#CCn1c(N2CCNCC2)nc2nc(Sc3nccc(C)n3)n(C)c(=O)c21.O=C(O)C(F)(F)F. The van der Waals surface area contributed by atoms with Gasteiger partial charge in [-0.15, -0.1) is 5.92 Å². The molecule has 1 aliphatic rings. The molecular weight excluding hydrogens is 501 g/mol. The number of aryl methyl sites for hydroxylation is 1. The second kappa shape index (κ2) is 11.4. The van der Waals surface area contributed by atoms with E-state index >= 15 is 0 Å². The summed E-state index contributed by atoms with van der Waals surface area (Å²) in [6.07, 6.45) is -3.39. The molecule has 192 valence electrons. The van der Waals surface area contributed by atoms with Crippen LogP contribution in [0, 0.1) is 18.8 Å². The molecule has 1 saturated heterocycles. The predicted molar refractivity (Wildman–Crippen MR) is 126 cm³/mol. The molecule has 0 aromatic carbocycles. The summed E-state index contributed by atoms with van der Waals surface area (Å²) in [5, 5.41) is 11.5. The van der Waals surface area contributed by atoms with Crippen molar-refractivity contribution >= 4 is 34.8 Å². The van der Waals surface area contributed by atoms with Gasteiger partial charge in [0.1, 0.15) is 0 Å². The van der Waals surface area contributed by atoms with E-state index in [9.17, 15) is 18.0 Å². The lowest BCUT2D eigenvalue weighted by Crippen LogP contribution is -2.44. The number of anilines is 1. The number of nitrogens with zero attached hydrogens (tertiary/aromatic N) is 7. The molecular formula is C21H23F3N8O3S. The number of carboxylic acids is 1. The van der Waals surface area contributed by atoms with Gasteiger partial charge < -0.3 is 15.3 Å². The number of aromatic nitrogens is 6. The van der Waals surface area contributed by atoms with Crippen molar-refractivity contribution in [2.24, 2.45) is 7.05 Å². The minimum atomic E-state index is -5.08. The van der Waals surface area contributed by atoms with E-state index in [1.54, 1.807) is 20.2 Å². The first-order valence-electron chi connectivity index (χ1n) is 10.6. The Bertz CT molecular complexity index is 1370. The third kappa shape index (κ3) is 6.32. The first-order chi connectivity index (χ1) is 17.0. The Kier molecular flexibility index (Phi) is 8.53. The van der Waals surface area contributed by atoms with Gasteiger partial charge in [0.2, 0.25) is 5.95 Å².